The molecule has 19 heteroatoms. The van der Waals surface area contributed by atoms with Crippen molar-refractivity contribution in [1.82, 2.24) is 0 Å². The summed E-state index contributed by atoms with van der Waals surface area (Å²) in [5.41, 5.74) is 35.6. The van der Waals surface area contributed by atoms with Gasteiger partial charge in [-0.1, -0.05) is 54.6 Å². The molecule has 394 valence electrons. The highest BCUT2D eigenvalue weighted by Crippen LogP contribution is 2.35. The van der Waals surface area contributed by atoms with Gasteiger partial charge in [0.25, 0.3) is 17.7 Å². The third kappa shape index (κ3) is 15.4. The maximum absolute atomic E-state index is 13.9. The largest absolute Gasteiger partial charge is 0.330 e. The number of amides is 3. The molecule has 3 heterocycles. The maximum Gasteiger partial charge on any atom is 0.252 e. The third-order valence-corrected chi connectivity index (χ3v) is 15.7. The van der Waals surface area contributed by atoms with Crippen LogP contribution in [0.2, 0.25) is 0 Å². The smallest absolute Gasteiger partial charge is 0.252 e. The third-order valence-electron chi connectivity index (χ3n) is 13.0. The summed E-state index contributed by atoms with van der Waals surface area (Å²) >= 11 is 4.27. The van der Waals surface area contributed by atoms with Gasteiger partial charge in [0.1, 0.15) is 0 Å². The van der Waals surface area contributed by atoms with Crippen LogP contribution in [0, 0.1) is 0 Å². The molecule has 0 unspecified atom stereocenters. The van der Waals surface area contributed by atoms with E-state index in [1.54, 1.807) is 36.4 Å². The van der Waals surface area contributed by atoms with Crippen molar-refractivity contribution in [3.05, 3.63) is 157 Å². The van der Waals surface area contributed by atoms with Crippen molar-refractivity contribution in [1.29, 1.82) is 0 Å². The quantitative estimate of drug-likeness (QED) is 0.0123. The lowest BCUT2D eigenvalue weighted by molar-refractivity contribution is -0.134. The molecule has 0 saturated carbocycles. The molecule has 3 amide bonds. The Kier molecular flexibility index (Phi) is 22.5. The molecule has 0 bridgehead atoms. The minimum Gasteiger partial charge on any atom is -0.330 e. The molecule has 0 aliphatic carbocycles. The van der Waals surface area contributed by atoms with E-state index in [0.29, 0.717) is 75.2 Å². The van der Waals surface area contributed by atoms with Crippen LogP contribution >= 0.6 is 46.4 Å². The fourth-order valence-electron chi connectivity index (χ4n) is 8.55. The fraction of sp³-hybridized carbons (Fsp3) is 0.345. The number of carbonyl (C=O) groups is 6. The predicted molar refractivity (Wildman–Crippen MR) is 302 cm³/mol. The standard InChI is InChI=1S/C55H67N9O6S3.ClH/c56-28-4-1-25-53(59,46(65)34-43-10-7-31-71-43)50(68)62-40-19-13-37(14-20-40)49(38-15-21-41(22-16-38)63-51(69)54(60,26-2-5-29-57)47(66)35-44-11-8-32-72-44)39-17-23-42(24-18-39)64-52(70)55(61,27-3-6-30-58)48(67)36-45-12-9-33-73-45;/h7-24,31-33,49H,1-6,25-30,34-36,56-61H2,(H,62,68)(H,63,69)(H,64,70);1H/t53-,54-,55-;/m0./s1. The summed E-state index contributed by atoms with van der Waals surface area (Å²) < 4.78 is 0. The highest BCUT2D eigenvalue weighted by Gasteiger charge is 2.43. The van der Waals surface area contributed by atoms with Crippen LogP contribution < -0.4 is 50.4 Å². The van der Waals surface area contributed by atoms with Crippen molar-refractivity contribution >= 4 is 98.6 Å². The number of hydrogen-bond acceptors (Lipinski definition) is 15. The zero-order valence-corrected chi connectivity index (χ0v) is 44.6. The Bertz CT molecular complexity index is 2440. The van der Waals surface area contributed by atoms with E-state index in [0.717, 1.165) is 31.3 Å². The van der Waals surface area contributed by atoms with E-state index in [4.69, 9.17) is 34.4 Å². The van der Waals surface area contributed by atoms with E-state index in [-0.39, 0.29) is 68.3 Å². The number of unbranched alkanes of at least 4 members (excludes halogenated alkanes) is 3. The van der Waals surface area contributed by atoms with Gasteiger partial charge in [-0.25, -0.2) is 0 Å². The molecule has 15 nitrogen and oxygen atoms in total. The van der Waals surface area contributed by atoms with Crippen molar-refractivity contribution in [2.24, 2.45) is 34.4 Å². The van der Waals surface area contributed by atoms with E-state index >= 15 is 0 Å². The first kappa shape index (κ1) is 59.1. The minimum atomic E-state index is -1.79. The highest BCUT2D eigenvalue weighted by molar-refractivity contribution is 7.10. The summed E-state index contributed by atoms with van der Waals surface area (Å²) in [4.78, 5) is 85.2. The van der Waals surface area contributed by atoms with Crippen molar-refractivity contribution < 1.29 is 28.8 Å². The Morgan fingerprint density at radius 3 is 0.878 bits per heavy atom. The Balaban J connectivity index is 0.0000101. The number of Topliss-reactive ketones (excluding diaryl/α,β-unsaturated/α-hetero) is 3. The van der Waals surface area contributed by atoms with Gasteiger partial charge in [-0.2, -0.15) is 0 Å². The fourth-order valence-corrected chi connectivity index (χ4v) is 10.7. The summed E-state index contributed by atoms with van der Waals surface area (Å²) in [5, 5.41) is 14.3. The Hall–Kier alpha value is -5.77. The van der Waals surface area contributed by atoms with E-state index in [1.165, 1.54) is 34.0 Å². The molecule has 0 aliphatic rings. The Labute approximate surface area is 451 Å². The second-order valence-corrected chi connectivity index (χ2v) is 21.4. The van der Waals surface area contributed by atoms with Gasteiger partial charge in [0, 0.05) is 56.9 Å². The molecule has 0 radical (unpaired) electrons. The second kappa shape index (κ2) is 28.2. The molecule has 0 saturated heterocycles. The van der Waals surface area contributed by atoms with Crippen LogP contribution in [0.1, 0.15) is 95.0 Å². The van der Waals surface area contributed by atoms with Crippen LogP contribution in [-0.4, -0.2) is 71.3 Å². The van der Waals surface area contributed by atoms with Crippen molar-refractivity contribution in [2.75, 3.05) is 35.6 Å². The molecule has 74 heavy (non-hydrogen) atoms. The van der Waals surface area contributed by atoms with Gasteiger partial charge in [-0.3, -0.25) is 28.8 Å². The molecule has 15 N–H and O–H groups in total. The lowest BCUT2D eigenvalue weighted by Crippen LogP contribution is -2.58. The molecule has 0 spiro atoms. The van der Waals surface area contributed by atoms with E-state index < -0.39 is 40.3 Å². The molecular formula is C55H68ClN9O6S3. The summed E-state index contributed by atoms with van der Waals surface area (Å²) in [6, 6.07) is 32.7. The van der Waals surface area contributed by atoms with Crippen LogP contribution in [0.25, 0.3) is 0 Å². The van der Waals surface area contributed by atoms with Crippen LogP contribution in [0.4, 0.5) is 17.1 Å². The van der Waals surface area contributed by atoms with Crippen LogP contribution in [-0.2, 0) is 48.0 Å². The average molecular weight is 1080 g/mol. The van der Waals surface area contributed by atoms with Gasteiger partial charge in [0.05, 0.1) is 0 Å². The second-order valence-electron chi connectivity index (χ2n) is 18.4. The summed E-state index contributed by atoms with van der Waals surface area (Å²) in [6.07, 6.45) is 3.77. The first-order valence-electron chi connectivity index (χ1n) is 24.5. The van der Waals surface area contributed by atoms with Gasteiger partial charge >= 0.3 is 0 Å². The van der Waals surface area contributed by atoms with Gasteiger partial charge in [0.15, 0.2) is 34.0 Å². The number of benzene rings is 3. The topological polar surface area (TPSA) is 295 Å². The number of carbonyl (C=O) groups excluding carboxylic acids is 6. The minimum absolute atomic E-state index is 0. The molecule has 3 atom stereocenters. The van der Waals surface area contributed by atoms with Crippen molar-refractivity contribution in [3.8, 4) is 0 Å². The molecular weight excluding hydrogens is 1010 g/mol. The highest BCUT2D eigenvalue weighted by atomic mass is 35.5. The zero-order valence-electron chi connectivity index (χ0n) is 41.4. The number of ketones is 3. The van der Waals surface area contributed by atoms with Crippen LogP contribution in [0.5, 0.6) is 0 Å². The SMILES string of the molecule is Cl.NCCCC[C@](N)(C(=O)Cc1cccs1)C(=O)Nc1ccc(C(c2ccc(NC(=O)[C@](N)(CCCCN)C(=O)Cc3cccs3)cc2)c2ccc(NC(=O)[C@](N)(CCCCN)C(=O)Cc3cccs3)cc2)cc1. The molecule has 6 rings (SSSR count). The van der Waals surface area contributed by atoms with Crippen molar-refractivity contribution in [3.63, 3.8) is 0 Å². The van der Waals surface area contributed by atoms with E-state index in [2.05, 4.69) is 16.0 Å². The van der Waals surface area contributed by atoms with Crippen LogP contribution in [0.3, 0.4) is 0 Å². The zero-order chi connectivity index (χ0) is 52.4. The summed E-state index contributed by atoms with van der Waals surface area (Å²) in [7, 11) is 0. The van der Waals surface area contributed by atoms with Gasteiger partial charge < -0.3 is 50.4 Å². The molecule has 3 aromatic carbocycles. The number of hydrogen-bond donors (Lipinski definition) is 9. The molecule has 0 fully saturated rings. The number of rotatable bonds is 30. The monoisotopic (exact) mass is 1080 g/mol. The average Bonchev–Trinajstić information content (AvgIpc) is 4.22. The van der Waals surface area contributed by atoms with Crippen LogP contribution in [0.15, 0.2) is 125 Å². The first-order chi connectivity index (χ1) is 35.1. The van der Waals surface area contributed by atoms with Gasteiger partial charge in [-0.05, 0) is 165 Å². The number of nitrogens with two attached hydrogens (primary N) is 6. The lowest BCUT2D eigenvalue weighted by atomic mass is 9.84. The summed E-state index contributed by atoms with van der Waals surface area (Å²) in [5.74, 6) is -3.45. The maximum atomic E-state index is 13.9. The number of halogens is 1. The molecule has 3 aromatic heterocycles. The molecule has 0 aliphatic heterocycles. The Morgan fingerprint density at radius 1 is 0.405 bits per heavy atom. The number of thiophene rings is 3. The Morgan fingerprint density at radius 2 is 0.662 bits per heavy atom. The normalized spacial score (nSPS) is 13.7. The molecule has 6 aromatic rings. The summed E-state index contributed by atoms with van der Waals surface area (Å²) in [6.45, 7) is 1.20. The lowest BCUT2D eigenvalue weighted by Gasteiger charge is -2.27. The number of nitrogens with one attached hydrogen (secondary N) is 3. The van der Waals surface area contributed by atoms with E-state index in [9.17, 15) is 28.8 Å². The predicted octanol–water partition coefficient (Wildman–Crippen LogP) is 7.20. The first-order valence-corrected chi connectivity index (χ1v) is 27.2. The van der Waals surface area contributed by atoms with Crippen molar-refractivity contribution in [2.45, 2.75) is 99.6 Å². The van der Waals surface area contributed by atoms with Gasteiger partial charge in [-0.15, -0.1) is 46.4 Å². The number of anilines is 3. The van der Waals surface area contributed by atoms with Gasteiger partial charge in [0.2, 0.25) is 0 Å². The van der Waals surface area contributed by atoms with E-state index in [1.807, 2.05) is 88.9 Å².